The summed E-state index contributed by atoms with van der Waals surface area (Å²) in [5.74, 6) is 0.360. The van der Waals surface area contributed by atoms with E-state index in [0.29, 0.717) is 11.5 Å². The molecule has 2 aromatic carbocycles. The van der Waals surface area contributed by atoms with Gasteiger partial charge >= 0.3 is 5.97 Å². The second-order valence-corrected chi connectivity index (χ2v) is 6.15. The maximum absolute atomic E-state index is 12.5. The third-order valence-electron chi connectivity index (χ3n) is 3.97. The molecule has 1 heterocycles. The van der Waals surface area contributed by atoms with Crippen molar-refractivity contribution in [3.63, 3.8) is 0 Å². The molecule has 0 fully saturated rings. The van der Waals surface area contributed by atoms with E-state index < -0.39 is 5.72 Å². The van der Waals surface area contributed by atoms with Gasteiger partial charge in [0.1, 0.15) is 0 Å². The molecule has 1 aliphatic heterocycles. The van der Waals surface area contributed by atoms with E-state index in [0.717, 1.165) is 11.1 Å². The lowest BCUT2D eigenvalue weighted by Crippen LogP contribution is -2.39. The van der Waals surface area contributed by atoms with Crippen LogP contribution in [-0.4, -0.2) is 49.9 Å². The molecule has 0 radical (unpaired) electrons. The minimum Gasteiger partial charge on any atom is -0.424 e. The fourth-order valence-electron chi connectivity index (χ4n) is 2.97. The molecule has 24 heavy (non-hydrogen) atoms. The zero-order chi connectivity index (χ0) is 17.3. The highest BCUT2D eigenvalue weighted by Gasteiger charge is 2.47. The first-order valence-electron chi connectivity index (χ1n) is 7.78. The molecule has 0 bridgehead atoms. The summed E-state index contributed by atoms with van der Waals surface area (Å²) in [6, 6.07) is 17.1. The van der Waals surface area contributed by atoms with Gasteiger partial charge in [-0.25, -0.2) is 4.79 Å². The molecular formula is C19H21N3O2. The van der Waals surface area contributed by atoms with Crippen molar-refractivity contribution in [3.8, 4) is 0 Å². The maximum atomic E-state index is 12.5. The summed E-state index contributed by atoms with van der Waals surface area (Å²) in [6.45, 7) is 0. The second-order valence-electron chi connectivity index (χ2n) is 6.15. The van der Waals surface area contributed by atoms with Crippen LogP contribution in [0.4, 0.5) is 0 Å². The summed E-state index contributed by atoms with van der Waals surface area (Å²) in [6.07, 6.45) is 0. The van der Waals surface area contributed by atoms with Gasteiger partial charge in [0.15, 0.2) is 5.96 Å². The van der Waals surface area contributed by atoms with Crippen molar-refractivity contribution >= 4 is 11.9 Å². The van der Waals surface area contributed by atoms with Crippen molar-refractivity contribution in [1.29, 1.82) is 0 Å². The molecule has 1 aliphatic rings. The van der Waals surface area contributed by atoms with E-state index >= 15 is 0 Å². The average Bonchev–Trinajstić information content (AvgIpc) is 2.87. The van der Waals surface area contributed by atoms with Crippen LogP contribution >= 0.6 is 0 Å². The topological polar surface area (TPSA) is 45.1 Å². The van der Waals surface area contributed by atoms with Gasteiger partial charge in [0, 0.05) is 39.3 Å². The van der Waals surface area contributed by atoms with Gasteiger partial charge in [0.2, 0.25) is 0 Å². The number of cyclic esters (lactones) is 1. The minimum atomic E-state index is -1.17. The molecular weight excluding hydrogens is 302 g/mol. The number of hydrogen-bond acceptors (Lipinski definition) is 3. The SMILES string of the molecule is CN(C)C(=NC1(c2ccccc2)OC(=O)c2ccccc21)N(C)C. The van der Waals surface area contributed by atoms with E-state index in [4.69, 9.17) is 9.73 Å². The molecule has 1 atom stereocenters. The highest BCUT2D eigenvalue weighted by molar-refractivity contribution is 5.96. The Kier molecular flexibility index (Phi) is 4.01. The number of ether oxygens (including phenoxy) is 1. The number of aliphatic imine (C=N–C) groups is 1. The predicted octanol–water partition coefficient (Wildman–Crippen LogP) is 2.54. The van der Waals surface area contributed by atoms with Crippen LogP contribution in [0.1, 0.15) is 21.5 Å². The summed E-state index contributed by atoms with van der Waals surface area (Å²) in [5.41, 5.74) is 0.979. The monoisotopic (exact) mass is 323 g/mol. The van der Waals surface area contributed by atoms with E-state index in [-0.39, 0.29) is 5.97 Å². The van der Waals surface area contributed by atoms with Gasteiger partial charge < -0.3 is 14.5 Å². The van der Waals surface area contributed by atoms with Gasteiger partial charge in [-0.05, 0) is 6.07 Å². The zero-order valence-electron chi connectivity index (χ0n) is 14.4. The van der Waals surface area contributed by atoms with Gasteiger partial charge in [-0.15, -0.1) is 0 Å². The van der Waals surface area contributed by atoms with Crippen molar-refractivity contribution in [3.05, 3.63) is 71.3 Å². The standard InChI is InChI=1S/C19H21N3O2/c1-21(2)18(22(3)4)20-19(14-10-6-5-7-11-14)16-13-9-8-12-15(16)17(23)24-19/h5-13H,1-4H3. The Morgan fingerprint density at radius 2 is 1.50 bits per heavy atom. The molecule has 0 spiro atoms. The summed E-state index contributed by atoms with van der Waals surface area (Å²) >= 11 is 0. The molecule has 0 amide bonds. The van der Waals surface area contributed by atoms with Gasteiger partial charge in [0.25, 0.3) is 5.72 Å². The number of guanidine groups is 1. The lowest BCUT2D eigenvalue weighted by Gasteiger charge is -2.30. The average molecular weight is 323 g/mol. The van der Waals surface area contributed by atoms with Gasteiger partial charge in [0.05, 0.1) is 5.56 Å². The number of nitrogens with zero attached hydrogens (tertiary/aromatic N) is 3. The van der Waals surface area contributed by atoms with Crippen LogP contribution in [0.25, 0.3) is 0 Å². The minimum absolute atomic E-state index is 0.352. The number of benzene rings is 2. The number of fused-ring (bicyclic) bond motifs is 1. The number of esters is 1. The molecule has 0 aromatic heterocycles. The van der Waals surface area contributed by atoms with E-state index in [1.54, 1.807) is 6.07 Å². The molecule has 1 unspecified atom stereocenters. The van der Waals surface area contributed by atoms with E-state index in [9.17, 15) is 4.79 Å². The number of carbonyl (C=O) groups excluding carboxylic acids is 1. The van der Waals surface area contributed by atoms with Crippen molar-refractivity contribution in [2.75, 3.05) is 28.2 Å². The van der Waals surface area contributed by atoms with Crippen LogP contribution in [0, 0.1) is 0 Å². The summed E-state index contributed by atoms with van der Waals surface area (Å²) in [7, 11) is 7.67. The van der Waals surface area contributed by atoms with Crippen LogP contribution in [0.5, 0.6) is 0 Å². The van der Waals surface area contributed by atoms with E-state index in [1.165, 1.54) is 0 Å². The molecule has 5 nitrogen and oxygen atoms in total. The van der Waals surface area contributed by atoms with E-state index in [1.807, 2.05) is 86.5 Å². The molecule has 0 saturated heterocycles. The predicted molar refractivity (Wildman–Crippen MR) is 93.9 cm³/mol. The first-order chi connectivity index (χ1) is 11.5. The lowest BCUT2D eigenvalue weighted by atomic mass is 9.93. The van der Waals surface area contributed by atoms with Crippen LogP contribution in [0.2, 0.25) is 0 Å². The maximum Gasteiger partial charge on any atom is 0.341 e. The Hall–Kier alpha value is -2.82. The Balaban J connectivity index is 2.29. The van der Waals surface area contributed by atoms with Crippen molar-refractivity contribution in [2.24, 2.45) is 4.99 Å². The van der Waals surface area contributed by atoms with Crippen LogP contribution in [0.3, 0.4) is 0 Å². The lowest BCUT2D eigenvalue weighted by molar-refractivity contribution is 0.0135. The largest absolute Gasteiger partial charge is 0.424 e. The van der Waals surface area contributed by atoms with Gasteiger partial charge in [-0.1, -0.05) is 48.5 Å². The summed E-state index contributed by atoms with van der Waals surface area (Å²) in [4.78, 5) is 21.2. The molecule has 124 valence electrons. The number of rotatable bonds is 2. The summed E-state index contributed by atoms with van der Waals surface area (Å²) < 4.78 is 5.86. The smallest absolute Gasteiger partial charge is 0.341 e. The van der Waals surface area contributed by atoms with Crippen molar-refractivity contribution in [1.82, 2.24) is 9.80 Å². The number of carbonyl (C=O) groups is 1. The fraction of sp³-hybridized carbons (Fsp3) is 0.263. The quantitative estimate of drug-likeness (QED) is 0.484. The molecule has 2 aromatic rings. The first-order valence-corrected chi connectivity index (χ1v) is 7.78. The Bertz CT molecular complexity index is 774. The molecule has 5 heteroatoms. The van der Waals surface area contributed by atoms with Crippen LogP contribution in [-0.2, 0) is 10.5 Å². The highest BCUT2D eigenvalue weighted by Crippen LogP contribution is 2.43. The zero-order valence-corrected chi connectivity index (χ0v) is 14.4. The third kappa shape index (κ3) is 2.52. The first kappa shape index (κ1) is 16.1. The van der Waals surface area contributed by atoms with Crippen molar-refractivity contribution in [2.45, 2.75) is 5.72 Å². The molecule has 0 N–H and O–H groups in total. The van der Waals surface area contributed by atoms with Crippen LogP contribution in [0.15, 0.2) is 59.6 Å². The van der Waals surface area contributed by atoms with E-state index in [2.05, 4.69) is 0 Å². The van der Waals surface area contributed by atoms with Gasteiger partial charge in [-0.3, -0.25) is 0 Å². The molecule has 0 saturated carbocycles. The Morgan fingerprint density at radius 1 is 0.917 bits per heavy atom. The van der Waals surface area contributed by atoms with Crippen molar-refractivity contribution < 1.29 is 9.53 Å². The Morgan fingerprint density at radius 3 is 2.12 bits per heavy atom. The van der Waals surface area contributed by atoms with Gasteiger partial charge in [-0.2, -0.15) is 4.99 Å². The van der Waals surface area contributed by atoms with Crippen LogP contribution < -0.4 is 0 Å². The third-order valence-corrected chi connectivity index (χ3v) is 3.97. The summed E-state index contributed by atoms with van der Waals surface area (Å²) in [5, 5.41) is 0. The Labute approximate surface area is 142 Å². The fourth-order valence-corrected chi connectivity index (χ4v) is 2.97. The highest BCUT2D eigenvalue weighted by atomic mass is 16.6. The number of hydrogen-bond donors (Lipinski definition) is 0. The second kappa shape index (κ2) is 6.00. The molecule has 3 rings (SSSR count). The molecule has 0 aliphatic carbocycles. The normalized spacial score (nSPS) is 18.6.